The minimum atomic E-state index is -0.930. The van der Waals surface area contributed by atoms with Crippen LogP contribution in [0.4, 0.5) is 4.79 Å². The van der Waals surface area contributed by atoms with Gasteiger partial charge in [-0.2, -0.15) is 0 Å². The number of carbonyl (C=O) groups excluding carboxylic acids is 1. The molecule has 0 fully saturated rings. The first kappa shape index (κ1) is 21.5. The predicted octanol–water partition coefficient (Wildman–Crippen LogP) is 1.01. The lowest BCUT2D eigenvalue weighted by Gasteiger charge is -2.24. The Balaban J connectivity index is 0. The van der Waals surface area contributed by atoms with Gasteiger partial charge in [0.15, 0.2) is 0 Å². The first-order chi connectivity index (χ1) is 9.49. The fraction of sp³-hybridized carbons (Fsp3) is 0.769. The average molecular weight is 306 g/mol. The number of rotatable bonds is 6. The molecule has 0 saturated carbocycles. The highest BCUT2D eigenvalue weighted by Crippen LogP contribution is 2.08. The molecule has 0 aromatic heterocycles. The third-order valence-electron chi connectivity index (χ3n) is 1.96. The molecule has 0 aromatic rings. The highest BCUT2D eigenvalue weighted by atomic mass is 16.6. The van der Waals surface area contributed by atoms with Crippen molar-refractivity contribution in [1.29, 1.82) is 0 Å². The predicted molar refractivity (Wildman–Crippen MR) is 77.3 cm³/mol. The van der Waals surface area contributed by atoms with E-state index >= 15 is 0 Å². The lowest BCUT2D eigenvalue weighted by atomic mass is 10.2. The quantitative estimate of drug-likeness (QED) is 0.670. The summed E-state index contributed by atoms with van der Waals surface area (Å²) in [6, 6.07) is 0. The van der Waals surface area contributed by atoms with Crippen LogP contribution >= 0.6 is 0 Å². The van der Waals surface area contributed by atoms with Gasteiger partial charge < -0.3 is 25.2 Å². The molecule has 21 heavy (non-hydrogen) atoms. The second kappa shape index (κ2) is 10.9. The van der Waals surface area contributed by atoms with Crippen LogP contribution in [0.1, 0.15) is 33.6 Å². The summed E-state index contributed by atoms with van der Waals surface area (Å²) in [5, 5.41) is 19.1. The van der Waals surface area contributed by atoms with Crippen LogP contribution < -0.4 is 5.32 Å². The summed E-state index contributed by atoms with van der Waals surface area (Å²) in [6.07, 6.45) is -0.370. The standard InChI is InChI=1S/C9H17NO4.C4H9NO2/c1-9(2,3)14-8(13)10(4)6-5-7(11)12;1-5-3-2-4(6)7/h5-6H2,1-4H3,(H,11,12);5H,2-3H2,1H3,(H,6,7). The van der Waals surface area contributed by atoms with Gasteiger partial charge in [0, 0.05) is 20.1 Å². The summed E-state index contributed by atoms with van der Waals surface area (Å²) in [5.74, 6) is -1.69. The summed E-state index contributed by atoms with van der Waals surface area (Å²) in [7, 11) is 3.24. The zero-order chi connectivity index (χ0) is 17.1. The second-order valence-electron chi connectivity index (χ2n) is 5.29. The summed E-state index contributed by atoms with van der Waals surface area (Å²) in [6.45, 7) is 5.99. The van der Waals surface area contributed by atoms with E-state index in [0.29, 0.717) is 6.54 Å². The fourth-order valence-corrected chi connectivity index (χ4v) is 0.926. The number of hydrogen-bond donors (Lipinski definition) is 3. The number of carbonyl (C=O) groups is 3. The van der Waals surface area contributed by atoms with Crippen molar-refractivity contribution in [2.24, 2.45) is 0 Å². The molecular weight excluding hydrogens is 280 g/mol. The maximum Gasteiger partial charge on any atom is 0.410 e. The lowest BCUT2D eigenvalue weighted by molar-refractivity contribution is -0.138. The SMILES string of the molecule is CN(CCC(=O)O)C(=O)OC(C)(C)C.CNCCC(=O)O. The number of ether oxygens (including phenoxy) is 1. The van der Waals surface area contributed by atoms with Crippen LogP contribution in [-0.4, -0.2) is 65.9 Å². The van der Waals surface area contributed by atoms with Gasteiger partial charge in [0.25, 0.3) is 0 Å². The number of carboxylic acid groups (broad SMARTS) is 2. The second-order valence-corrected chi connectivity index (χ2v) is 5.29. The van der Waals surface area contributed by atoms with Gasteiger partial charge in [0.05, 0.1) is 12.8 Å². The molecule has 0 radical (unpaired) electrons. The molecule has 0 spiro atoms. The van der Waals surface area contributed by atoms with E-state index in [1.54, 1.807) is 27.8 Å². The number of aliphatic carboxylic acids is 2. The van der Waals surface area contributed by atoms with Crippen molar-refractivity contribution < 1.29 is 29.3 Å². The highest BCUT2D eigenvalue weighted by molar-refractivity contribution is 5.70. The van der Waals surface area contributed by atoms with Gasteiger partial charge in [-0.3, -0.25) is 9.59 Å². The van der Waals surface area contributed by atoms with E-state index in [4.69, 9.17) is 14.9 Å². The molecule has 0 heterocycles. The van der Waals surface area contributed by atoms with Crippen molar-refractivity contribution in [1.82, 2.24) is 10.2 Å². The zero-order valence-corrected chi connectivity index (χ0v) is 13.3. The van der Waals surface area contributed by atoms with Crippen LogP contribution in [0, 0.1) is 0 Å². The van der Waals surface area contributed by atoms with Gasteiger partial charge in [-0.1, -0.05) is 0 Å². The number of carboxylic acids is 2. The number of nitrogens with one attached hydrogen (secondary N) is 1. The molecule has 0 bridgehead atoms. The van der Waals surface area contributed by atoms with Crippen molar-refractivity contribution in [3.63, 3.8) is 0 Å². The highest BCUT2D eigenvalue weighted by Gasteiger charge is 2.19. The Bertz CT molecular complexity index is 338. The largest absolute Gasteiger partial charge is 0.481 e. The number of nitrogens with zero attached hydrogens (tertiary/aromatic N) is 1. The van der Waals surface area contributed by atoms with Crippen LogP contribution in [0.15, 0.2) is 0 Å². The van der Waals surface area contributed by atoms with E-state index in [0.717, 1.165) is 0 Å². The van der Waals surface area contributed by atoms with Gasteiger partial charge in [-0.25, -0.2) is 4.79 Å². The van der Waals surface area contributed by atoms with Gasteiger partial charge in [-0.05, 0) is 27.8 Å². The molecule has 0 rings (SSSR count). The van der Waals surface area contributed by atoms with Crippen LogP contribution in [0.5, 0.6) is 0 Å². The van der Waals surface area contributed by atoms with Gasteiger partial charge in [0.2, 0.25) is 0 Å². The molecule has 0 aliphatic rings. The maximum atomic E-state index is 11.3. The van der Waals surface area contributed by atoms with Crippen LogP contribution in [0.3, 0.4) is 0 Å². The van der Waals surface area contributed by atoms with Crippen molar-refractivity contribution in [2.75, 3.05) is 27.2 Å². The Labute approximate surface area is 125 Å². The van der Waals surface area contributed by atoms with Gasteiger partial charge in [-0.15, -0.1) is 0 Å². The Morgan fingerprint density at radius 1 is 1.10 bits per heavy atom. The van der Waals surface area contributed by atoms with E-state index in [-0.39, 0.29) is 19.4 Å². The molecule has 0 saturated heterocycles. The van der Waals surface area contributed by atoms with E-state index in [2.05, 4.69) is 5.32 Å². The third kappa shape index (κ3) is 18.2. The number of hydrogen-bond acceptors (Lipinski definition) is 5. The van der Waals surface area contributed by atoms with Crippen LogP contribution in [-0.2, 0) is 14.3 Å². The minimum absolute atomic E-state index is 0.0737. The van der Waals surface area contributed by atoms with E-state index in [1.165, 1.54) is 11.9 Å². The summed E-state index contributed by atoms with van der Waals surface area (Å²) >= 11 is 0. The molecule has 0 aliphatic carbocycles. The van der Waals surface area contributed by atoms with E-state index in [1.807, 2.05) is 0 Å². The van der Waals surface area contributed by atoms with Crippen molar-refractivity contribution >= 4 is 18.0 Å². The molecule has 3 N–H and O–H groups in total. The van der Waals surface area contributed by atoms with Crippen molar-refractivity contribution in [3.05, 3.63) is 0 Å². The third-order valence-corrected chi connectivity index (χ3v) is 1.96. The Hall–Kier alpha value is -1.83. The molecule has 8 heteroatoms. The van der Waals surface area contributed by atoms with Crippen LogP contribution in [0.2, 0.25) is 0 Å². The molecule has 1 amide bonds. The summed E-state index contributed by atoms with van der Waals surface area (Å²) in [5.41, 5.74) is -0.547. The minimum Gasteiger partial charge on any atom is -0.481 e. The Morgan fingerprint density at radius 3 is 1.86 bits per heavy atom. The smallest absolute Gasteiger partial charge is 0.410 e. The molecule has 0 aromatic carbocycles. The van der Waals surface area contributed by atoms with Gasteiger partial charge >= 0.3 is 18.0 Å². The molecular formula is C13H26N2O6. The molecule has 124 valence electrons. The number of amides is 1. The normalized spacial score (nSPS) is 10.1. The van der Waals surface area contributed by atoms with Crippen molar-refractivity contribution in [3.8, 4) is 0 Å². The topological polar surface area (TPSA) is 116 Å². The summed E-state index contributed by atoms with van der Waals surface area (Å²) < 4.78 is 5.03. The van der Waals surface area contributed by atoms with Crippen molar-refractivity contribution in [2.45, 2.75) is 39.2 Å². The first-order valence-corrected chi connectivity index (χ1v) is 6.52. The molecule has 0 atom stereocenters. The Morgan fingerprint density at radius 2 is 1.57 bits per heavy atom. The van der Waals surface area contributed by atoms with E-state index in [9.17, 15) is 14.4 Å². The van der Waals surface area contributed by atoms with E-state index < -0.39 is 23.6 Å². The summed E-state index contributed by atoms with van der Waals surface area (Å²) in [4.78, 5) is 32.5. The maximum absolute atomic E-state index is 11.3. The molecule has 0 aliphatic heterocycles. The molecule has 8 nitrogen and oxygen atoms in total. The lowest BCUT2D eigenvalue weighted by Crippen LogP contribution is -2.35. The fourth-order valence-electron chi connectivity index (χ4n) is 0.926. The first-order valence-electron chi connectivity index (χ1n) is 6.52. The Kier molecular flexibility index (Phi) is 11.1. The zero-order valence-electron chi connectivity index (χ0n) is 13.3. The van der Waals surface area contributed by atoms with Crippen LogP contribution in [0.25, 0.3) is 0 Å². The monoisotopic (exact) mass is 306 g/mol. The molecule has 0 unspecified atom stereocenters. The van der Waals surface area contributed by atoms with Gasteiger partial charge in [0.1, 0.15) is 5.60 Å². The average Bonchev–Trinajstić information content (AvgIpc) is 2.31.